The zero-order chi connectivity index (χ0) is 20.2. The number of halogens is 2. The zero-order valence-corrected chi connectivity index (χ0v) is 16.8. The van der Waals surface area contributed by atoms with Crippen LogP contribution in [0.2, 0.25) is 0 Å². The highest BCUT2D eigenvalue weighted by atomic mass is 19.3. The summed E-state index contributed by atoms with van der Waals surface area (Å²) < 4.78 is 32.2. The number of piperidine rings is 1. The van der Waals surface area contributed by atoms with Crippen LogP contribution in [0.5, 0.6) is 0 Å². The Labute approximate surface area is 164 Å². The van der Waals surface area contributed by atoms with E-state index >= 15 is 0 Å². The van der Waals surface area contributed by atoms with Gasteiger partial charge in [0.25, 0.3) is 0 Å². The monoisotopic (exact) mass is 399 g/mol. The number of carbonyl (C=O) groups excluding carboxylic acids is 2. The summed E-state index contributed by atoms with van der Waals surface area (Å²) in [5.41, 5.74) is -0.834. The number of ether oxygens (including phenoxy) is 1. The highest BCUT2D eigenvalue weighted by Gasteiger charge is 2.57. The molecule has 2 atom stereocenters. The van der Waals surface area contributed by atoms with E-state index in [1.807, 2.05) is 11.9 Å². The smallest absolute Gasteiger partial charge is 0.250 e. The summed E-state index contributed by atoms with van der Waals surface area (Å²) >= 11 is 0. The van der Waals surface area contributed by atoms with Gasteiger partial charge in [-0.2, -0.15) is 0 Å². The van der Waals surface area contributed by atoms with Crippen molar-refractivity contribution >= 4 is 11.8 Å². The predicted octanol–water partition coefficient (Wildman–Crippen LogP) is 1.64. The standard InChI is InChI=1S/C20H31F2N3O3/c1-18(11-20(21,22)12-18)17(27)23-10-14-9-19(13-28-14)4-7-25(8-5-19)15-3-6-24(2)16(15)26/h14-15H,3-13H2,1-2H3,(H,23,27). The van der Waals surface area contributed by atoms with Gasteiger partial charge in [-0.15, -0.1) is 0 Å². The van der Waals surface area contributed by atoms with Crippen LogP contribution in [-0.2, 0) is 14.3 Å². The number of hydrogen-bond acceptors (Lipinski definition) is 4. The minimum atomic E-state index is -2.70. The van der Waals surface area contributed by atoms with Gasteiger partial charge in [0.2, 0.25) is 17.7 Å². The van der Waals surface area contributed by atoms with Gasteiger partial charge in [-0.25, -0.2) is 8.78 Å². The van der Waals surface area contributed by atoms with Crippen molar-refractivity contribution in [1.29, 1.82) is 0 Å². The lowest BCUT2D eigenvalue weighted by Crippen LogP contribution is -2.54. The van der Waals surface area contributed by atoms with Gasteiger partial charge in [-0.05, 0) is 44.2 Å². The van der Waals surface area contributed by atoms with Gasteiger partial charge in [0.05, 0.1) is 24.2 Å². The molecule has 0 aromatic carbocycles. The molecular weight excluding hydrogens is 368 g/mol. The Balaban J connectivity index is 1.23. The quantitative estimate of drug-likeness (QED) is 0.781. The van der Waals surface area contributed by atoms with Gasteiger partial charge in [0.15, 0.2) is 0 Å². The number of nitrogens with one attached hydrogen (secondary N) is 1. The van der Waals surface area contributed by atoms with E-state index in [0.717, 1.165) is 45.3 Å². The molecule has 0 aromatic rings. The average Bonchev–Trinajstić information content (AvgIpc) is 3.16. The lowest BCUT2D eigenvalue weighted by molar-refractivity contribution is -0.174. The van der Waals surface area contributed by atoms with Gasteiger partial charge < -0.3 is 15.0 Å². The second kappa shape index (κ2) is 6.90. The van der Waals surface area contributed by atoms with Crippen molar-refractivity contribution in [1.82, 2.24) is 15.1 Å². The second-order valence-corrected chi connectivity index (χ2v) is 9.72. The number of likely N-dealkylation sites (N-methyl/N-ethyl adjacent to an activating group) is 1. The van der Waals surface area contributed by atoms with Crippen LogP contribution in [0, 0.1) is 10.8 Å². The van der Waals surface area contributed by atoms with E-state index in [9.17, 15) is 18.4 Å². The lowest BCUT2D eigenvalue weighted by atomic mass is 9.67. The molecule has 0 bridgehead atoms. The van der Waals surface area contributed by atoms with Crippen molar-refractivity contribution in [2.75, 3.05) is 39.8 Å². The number of hydrogen-bond donors (Lipinski definition) is 1. The van der Waals surface area contributed by atoms with Crippen molar-refractivity contribution in [2.45, 2.75) is 63.5 Å². The third kappa shape index (κ3) is 3.65. The third-order valence-corrected chi connectivity index (χ3v) is 7.32. The summed E-state index contributed by atoms with van der Waals surface area (Å²) in [5, 5.41) is 2.83. The van der Waals surface area contributed by atoms with E-state index in [4.69, 9.17) is 4.74 Å². The number of amides is 2. The van der Waals surface area contributed by atoms with Crippen LogP contribution in [-0.4, -0.2) is 79.5 Å². The minimum Gasteiger partial charge on any atom is -0.376 e. The maximum atomic E-state index is 13.1. The summed E-state index contributed by atoms with van der Waals surface area (Å²) in [4.78, 5) is 28.6. The first-order valence-corrected chi connectivity index (χ1v) is 10.4. The molecule has 1 spiro atoms. The number of nitrogens with zero attached hydrogens (tertiary/aromatic N) is 2. The molecule has 1 saturated carbocycles. The molecule has 0 aromatic heterocycles. The summed E-state index contributed by atoms with van der Waals surface area (Å²) in [7, 11) is 1.86. The molecule has 4 fully saturated rings. The van der Waals surface area contributed by atoms with Crippen LogP contribution < -0.4 is 5.32 Å². The Morgan fingerprint density at radius 1 is 1.25 bits per heavy atom. The summed E-state index contributed by atoms with van der Waals surface area (Å²) in [6, 6.07) is 0.0288. The lowest BCUT2D eigenvalue weighted by Gasteiger charge is -2.43. The van der Waals surface area contributed by atoms with Crippen molar-refractivity contribution in [3.8, 4) is 0 Å². The largest absolute Gasteiger partial charge is 0.376 e. The van der Waals surface area contributed by atoms with Crippen LogP contribution >= 0.6 is 0 Å². The Morgan fingerprint density at radius 3 is 2.50 bits per heavy atom. The van der Waals surface area contributed by atoms with Crippen LogP contribution in [0.15, 0.2) is 0 Å². The van der Waals surface area contributed by atoms with E-state index in [0.29, 0.717) is 13.2 Å². The van der Waals surface area contributed by atoms with E-state index in [1.165, 1.54) is 0 Å². The summed E-state index contributed by atoms with van der Waals surface area (Å²) in [6.07, 6.45) is 2.99. The molecule has 3 saturated heterocycles. The fraction of sp³-hybridized carbons (Fsp3) is 0.900. The molecular formula is C20H31F2N3O3. The molecule has 0 radical (unpaired) electrons. The van der Waals surface area contributed by atoms with Gasteiger partial charge in [-0.3, -0.25) is 14.5 Å². The van der Waals surface area contributed by atoms with Gasteiger partial charge in [-0.1, -0.05) is 6.92 Å². The van der Waals surface area contributed by atoms with Crippen molar-refractivity contribution in [3.63, 3.8) is 0 Å². The molecule has 8 heteroatoms. The average molecular weight is 399 g/mol. The number of likely N-dealkylation sites (tertiary alicyclic amines) is 2. The van der Waals surface area contributed by atoms with Gasteiger partial charge in [0.1, 0.15) is 0 Å². The first kappa shape index (κ1) is 20.0. The Hall–Kier alpha value is -1.28. The highest BCUT2D eigenvalue weighted by Crippen LogP contribution is 2.51. The molecule has 4 aliphatic rings. The molecule has 28 heavy (non-hydrogen) atoms. The molecule has 4 rings (SSSR count). The number of carbonyl (C=O) groups is 2. The molecule has 2 unspecified atom stereocenters. The molecule has 158 valence electrons. The van der Waals surface area contributed by atoms with Gasteiger partial charge >= 0.3 is 0 Å². The Kier molecular flexibility index (Phi) is 4.93. The topological polar surface area (TPSA) is 61.9 Å². The van der Waals surface area contributed by atoms with Crippen molar-refractivity contribution in [3.05, 3.63) is 0 Å². The van der Waals surface area contributed by atoms with Gasteiger partial charge in [0, 0.05) is 33.0 Å². The Morgan fingerprint density at radius 2 is 1.93 bits per heavy atom. The summed E-state index contributed by atoms with van der Waals surface area (Å²) in [5.74, 6) is -2.76. The minimum absolute atomic E-state index is 0.0288. The van der Waals surface area contributed by atoms with Crippen LogP contribution in [0.3, 0.4) is 0 Å². The maximum absolute atomic E-state index is 13.1. The van der Waals surface area contributed by atoms with Crippen molar-refractivity contribution < 1.29 is 23.1 Å². The third-order valence-electron chi connectivity index (χ3n) is 7.32. The van der Waals surface area contributed by atoms with Crippen LogP contribution in [0.25, 0.3) is 0 Å². The molecule has 2 amide bonds. The fourth-order valence-corrected chi connectivity index (χ4v) is 5.50. The fourth-order valence-electron chi connectivity index (χ4n) is 5.50. The Bertz CT molecular complexity index is 641. The van der Waals surface area contributed by atoms with E-state index in [1.54, 1.807) is 6.92 Å². The molecule has 1 aliphatic carbocycles. The molecule has 6 nitrogen and oxygen atoms in total. The van der Waals surface area contributed by atoms with Crippen molar-refractivity contribution in [2.24, 2.45) is 10.8 Å². The van der Waals surface area contributed by atoms with E-state index < -0.39 is 11.3 Å². The van der Waals surface area contributed by atoms with E-state index in [-0.39, 0.29) is 42.2 Å². The highest BCUT2D eigenvalue weighted by molar-refractivity contribution is 5.84. The zero-order valence-electron chi connectivity index (χ0n) is 16.8. The molecule has 1 N–H and O–H groups in total. The SMILES string of the molecule is CN1CCC(N2CCC3(CC2)COC(CNC(=O)C2(C)CC(F)(F)C2)C3)C1=O. The normalized spacial score (nSPS) is 33.9. The molecule has 3 aliphatic heterocycles. The maximum Gasteiger partial charge on any atom is 0.250 e. The van der Waals surface area contributed by atoms with E-state index in [2.05, 4.69) is 10.2 Å². The number of alkyl halides is 2. The predicted molar refractivity (Wildman–Crippen MR) is 98.9 cm³/mol. The second-order valence-electron chi connectivity index (χ2n) is 9.72. The van der Waals surface area contributed by atoms with Crippen LogP contribution in [0.1, 0.15) is 45.4 Å². The number of rotatable bonds is 4. The molecule has 3 heterocycles. The first-order valence-electron chi connectivity index (χ1n) is 10.4. The first-order chi connectivity index (χ1) is 13.1. The van der Waals surface area contributed by atoms with Crippen LogP contribution in [0.4, 0.5) is 8.78 Å². The summed E-state index contributed by atoms with van der Waals surface area (Å²) in [6.45, 7) is 5.31.